The topological polar surface area (TPSA) is 30.2 Å². The minimum absolute atomic E-state index is 0.0996. The number of pyridine rings is 1. The Morgan fingerprint density at radius 1 is 1.36 bits per heavy atom. The van der Waals surface area contributed by atoms with Gasteiger partial charge >= 0.3 is 0 Å². The van der Waals surface area contributed by atoms with Gasteiger partial charge in [-0.25, -0.2) is 8.78 Å². The first-order chi connectivity index (χ1) is 12.0. The van der Waals surface area contributed by atoms with E-state index in [1.807, 2.05) is 31.2 Å². The Kier molecular flexibility index (Phi) is 3.67. The van der Waals surface area contributed by atoms with E-state index in [0.29, 0.717) is 30.7 Å². The number of hydrogen-bond donors (Lipinski definition) is 0. The molecule has 1 saturated carbocycles. The summed E-state index contributed by atoms with van der Waals surface area (Å²) in [6, 6.07) is 9.40. The highest BCUT2D eigenvalue weighted by molar-refractivity contribution is 5.69. The highest BCUT2D eigenvalue weighted by atomic mass is 19.1. The molecule has 128 valence electrons. The van der Waals surface area contributed by atoms with Gasteiger partial charge in [-0.15, -0.1) is 16.8 Å². The summed E-state index contributed by atoms with van der Waals surface area (Å²) in [6.07, 6.45) is 4.67. The van der Waals surface area contributed by atoms with E-state index in [1.165, 1.54) is 0 Å². The SMILES string of the molecule is C=CCC1(F)CC1Cc1nnc2c(F)c(-c3cccc(C)c3)ccn12. The fraction of sp³-hybridized carbons (Fsp3) is 0.300. The van der Waals surface area contributed by atoms with Gasteiger partial charge in [-0.05, 0) is 31.4 Å². The van der Waals surface area contributed by atoms with Crippen LogP contribution in [0.5, 0.6) is 0 Å². The lowest BCUT2D eigenvalue weighted by molar-refractivity contribution is 0.282. The molecule has 25 heavy (non-hydrogen) atoms. The van der Waals surface area contributed by atoms with Crippen LogP contribution in [0.4, 0.5) is 8.78 Å². The maximum Gasteiger partial charge on any atom is 0.197 e. The Morgan fingerprint density at radius 3 is 2.96 bits per heavy atom. The van der Waals surface area contributed by atoms with Crippen LogP contribution < -0.4 is 0 Å². The van der Waals surface area contributed by atoms with E-state index >= 15 is 0 Å². The van der Waals surface area contributed by atoms with Crippen LogP contribution in [0.3, 0.4) is 0 Å². The molecule has 0 spiro atoms. The molecule has 1 fully saturated rings. The van der Waals surface area contributed by atoms with Crippen LogP contribution in [-0.4, -0.2) is 20.3 Å². The van der Waals surface area contributed by atoms with Gasteiger partial charge in [0.05, 0.1) is 0 Å². The highest BCUT2D eigenvalue weighted by Crippen LogP contribution is 2.51. The van der Waals surface area contributed by atoms with Gasteiger partial charge < -0.3 is 0 Å². The van der Waals surface area contributed by atoms with Gasteiger partial charge in [0, 0.05) is 24.1 Å². The number of fused-ring (bicyclic) bond motifs is 1. The number of halogens is 2. The molecule has 3 aromatic rings. The Hall–Kier alpha value is -2.56. The van der Waals surface area contributed by atoms with Crippen molar-refractivity contribution in [1.29, 1.82) is 0 Å². The molecule has 2 heterocycles. The Labute approximate surface area is 145 Å². The van der Waals surface area contributed by atoms with Crippen molar-refractivity contribution in [1.82, 2.24) is 14.6 Å². The normalized spacial score (nSPS) is 22.3. The first-order valence-corrected chi connectivity index (χ1v) is 8.41. The highest BCUT2D eigenvalue weighted by Gasteiger charge is 2.54. The van der Waals surface area contributed by atoms with Crippen molar-refractivity contribution in [2.75, 3.05) is 0 Å². The van der Waals surface area contributed by atoms with E-state index in [4.69, 9.17) is 0 Å². The molecule has 0 aliphatic heterocycles. The minimum Gasteiger partial charge on any atom is -0.284 e. The van der Waals surface area contributed by atoms with Crippen molar-refractivity contribution in [2.24, 2.45) is 5.92 Å². The zero-order valence-corrected chi connectivity index (χ0v) is 14.0. The molecule has 0 saturated heterocycles. The summed E-state index contributed by atoms with van der Waals surface area (Å²) in [6.45, 7) is 5.57. The van der Waals surface area contributed by atoms with E-state index < -0.39 is 11.5 Å². The zero-order chi connectivity index (χ0) is 17.6. The van der Waals surface area contributed by atoms with E-state index in [-0.39, 0.29) is 11.6 Å². The van der Waals surface area contributed by atoms with Crippen LogP contribution in [0.25, 0.3) is 16.8 Å². The zero-order valence-electron chi connectivity index (χ0n) is 14.0. The van der Waals surface area contributed by atoms with E-state index in [1.54, 1.807) is 22.7 Å². The molecule has 0 N–H and O–H groups in total. The Balaban J connectivity index is 1.67. The summed E-state index contributed by atoms with van der Waals surface area (Å²) < 4.78 is 30.9. The lowest BCUT2D eigenvalue weighted by atomic mass is 10.0. The quantitative estimate of drug-likeness (QED) is 0.631. The standard InChI is InChI=1S/C20H19F2N3/c1-3-8-20(22)12-15(20)11-17-23-24-19-18(21)16(7-9-25(17)19)14-6-4-5-13(2)10-14/h3-7,9-10,15H,1,8,11-12H2,2H3. The van der Waals surface area contributed by atoms with Gasteiger partial charge in [-0.3, -0.25) is 4.40 Å². The summed E-state index contributed by atoms with van der Waals surface area (Å²) in [5.74, 6) is 0.0935. The van der Waals surface area contributed by atoms with Gasteiger partial charge in [0.15, 0.2) is 11.5 Å². The van der Waals surface area contributed by atoms with Crippen molar-refractivity contribution in [3.8, 4) is 11.1 Å². The number of hydrogen-bond acceptors (Lipinski definition) is 2. The Morgan fingerprint density at radius 2 is 2.20 bits per heavy atom. The van der Waals surface area contributed by atoms with Gasteiger partial charge in [0.25, 0.3) is 0 Å². The molecule has 0 radical (unpaired) electrons. The van der Waals surface area contributed by atoms with Gasteiger partial charge in [-0.2, -0.15) is 0 Å². The molecule has 2 atom stereocenters. The maximum atomic E-state index is 14.9. The number of alkyl halides is 1. The summed E-state index contributed by atoms with van der Waals surface area (Å²) in [4.78, 5) is 0. The number of rotatable bonds is 5. The molecule has 1 aliphatic carbocycles. The maximum absolute atomic E-state index is 14.9. The third-order valence-corrected chi connectivity index (χ3v) is 4.99. The molecule has 0 amide bonds. The largest absolute Gasteiger partial charge is 0.284 e. The first-order valence-electron chi connectivity index (χ1n) is 8.41. The predicted octanol–water partition coefficient (Wildman–Crippen LogP) is 4.69. The molecule has 5 heteroatoms. The van der Waals surface area contributed by atoms with Crippen LogP contribution >= 0.6 is 0 Å². The number of aromatic nitrogens is 3. The van der Waals surface area contributed by atoms with Crippen molar-refractivity contribution in [2.45, 2.75) is 31.9 Å². The van der Waals surface area contributed by atoms with Crippen LogP contribution in [0.1, 0.15) is 24.2 Å². The number of nitrogens with zero attached hydrogens (tertiary/aromatic N) is 3. The number of aryl methyl sites for hydroxylation is 1. The predicted molar refractivity (Wildman–Crippen MR) is 93.6 cm³/mol. The van der Waals surface area contributed by atoms with Crippen molar-refractivity contribution in [3.05, 3.63) is 66.4 Å². The second-order valence-electron chi connectivity index (χ2n) is 6.86. The molecular weight excluding hydrogens is 320 g/mol. The van der Waals surface area contributed by atoms with Crippen LogP contribution in [-0.2, 0) is 6.42 Å². The smallest absolute Gasteiger partial charge is 0.197 e. The second-order valence-corrected chi connectivity index (χ2v) is 6.86. The monoisotopic (exact) mass is 339 g/mol. The Bertz CT molecular complexity index is 963. The first kappa shape index (κ1) is 15.9. The third kappa shape index (κ3) is 2.73. The summed E-state index contributed by atoms with van der Waals surface area (Å²) in [5.41, 5.74) is 1.36. The van der Waals surface area contributed by atoms with Gasteiger partial charge in [0.2, 0.25) is 0 Å². The molecular formula is C20H19F2N3. The molecule has 1 aliphatic rings. The van der Waals surface area contributed by atoms with E-state index in [9.17, 15) is 8.78 Å². The molecule has 3 nitrogen and oxygen atoms in total. The van der Waals surface area contributed by atoms with Crippen LogP contribution in [0.15, 0.2) is 49.2 Å². The van der Waals surface area contributed by atoms with Gasteiger partial charge in [-0.1, -0.05) is 35.9 Å². The third-order valence-electron chi connectivity index (χ3n) is 4.99. The number of allylic oxidation sites excluding steroid dienone is 1. The lowest BCUT2D eigenvalue weighted by Crippen LogP contribution is -2.06. The summed E-state index contributed by atoms with van der Waals surface area (Å²) in [5, 5.41) is 8.09. The van der Waals surface area contributed by atoms with E-state index in [0.717, 1.165) is 11.1 Å². The minimum atomic E-state index is -1.19. The molecule has 2 unspecified atom stereocenters. The molecule has 4 rings (SSSR count). The summed E-state index contributed by atoms with van der Waals surface area (Å²) in [7, 11) is 0. The average Bonchev–Trinajstić information content (AvgIpc) is 3.01. The van der Waals surface area contributed by atoms with Gasteiger partial charge in [0.1, 0.15) is 11.5 Å². The van der Waals surface area contributed by atoms with Crippen LogP contribution in [0, 0.1) is 18.7 Å². The fourth-order valence-corrected chi connectivity index (χ4v) is 3.46. The molecule has 2 aromatic heterocycles. The van der Waals surface area contributed by atoms with Crippen molar-refractivity contribution < 1.29 is 8.78 Å². The van der Waals surface area contributed by atoms with E-state index in [2.05, 4.69) is 16.8 Å². The average molecular weight is 339 g/mol. The van der Waals surface area contributed by atoms with Crippen LogP contribution in [0.2, 0.25) is 0 Å². The fourth-order valence-electron chi connectivity index (χ4n) is 3.46. The summed E-state index contributed by atoms with van der Waals surface area (Å²) >= 11 is 0. The number of benzene rings is 1. The lowest BCUT2D eigenvalue weighted by Gasteiger charge is -2.07. The molecule has 1 aromatic carbocycles. The van der Waals surface area contributed by atoms with Crippen molar-refractivity contribution in [3.63, 3.8) is 0 Å². The van der Waals surface area contributed by atoms with Crippen molar-refractivity contribution >= 4 is 5.65 Å². The second kappa shape index (κ2) is 5.76. The molecule has 0 bridgehead atoms.